The summed E-state index contributed by atoms with van der Waals surface area (Å²) in [6.07, 6.45) is 3.72. The van der Waals surface area contributed by atoms with Gasteiger partial charge in [-0.1, -0.05) is 6.92 Å². The average molecular weight is 185 g/mol. The summed E-state index contributed by atoms with van der Waals surface area (Å²) < 4.78 is 5.89. The molecule has 1 saturated heterocycles. The van der Waals surface area contributed by atoms with Gasteiger partial charge >= 0.3 is 0 Å². The number of likely N-dealkylation sites (N-methyl/N-ethyl adjacent to an activating group) is 1. The minimum absolute atomic E-state index is 0.0590. The predicted molar refractivity (Wildman–Crippen MR) is 56.0 cm³/mol. The Hall–Kier alpha value is -0.0800. The molecule has 2 heteroatoms. The number of nitrogens with zero attached hydrogens (tertiary/aromatic N) is 1. The first-order valence-electron chi connectivity index (χ1n) is 5.39. The lowest BCUT2D eigenvalue weighted by atomic mass is 10.1. The molecular weight excluding hydrogens is 162 g/mol. The Kier molecular flexibility index (Phi) is 3.74. The van der Waals surface area contributed by atoms with Crippen LogP contribution in [-0.2, 0) is 4.74 Å². The molecule has 0 unspecified atom stereocenters. The van der Waals surface area contributed by atoms with E-state index in [4.69, 9.17) is 4.74 Å². The molecule has 1 heterocycles. The van der Waals surface area contributed by atoms with E-state index >= 15 is 0 Å². The SMILES string of the molecule is CCC(C)(C)OC[C@@H]1CCCN1C. The molecule has 78 valence electrons. The molecule has 0 aliphatic carbocycles. The van der Waals surface area contributed by atoms with Crippen molar-refractivity contribution < 1.29 is 4.74 Å². The van der Waals surface area contributed by atoms with Crippen LogP contribution >= 0.6 is 0 Å². The number of likely N-dealkylation sites (tertiary alicyclic amines) is 1. The van der Waals surface area contributed by atoms with Crippen LogP contribution in [-0.4, -0.2) is 36.7 Å². The van der Waals surface area contributed by atoms with Crippen LogP contribution in [0.25, 0.3) is 0 Å². The molecule has 1 aliphatic rings. The zero-order valence-corrected chi connectivity index (χ0v) is 9.47. The second-order valence-electron chi connectivity index (χ2n) is 4.70. The summed E-state index contributed by atoms with van der Waals surface area (Å²) in [6, 6.07) is 0.658. The van der Waals surface area contributed by atoms with Crippen LogP contribution in [0.2, 0.25) is 0 Å². The third-order valence-electron chi connectivity index (χ3n) is 3.19. The molecule has 0 aromatic heterocycles. The van der Waals surface area contributed by atoms with Crippen LogP contribution in [0.5, 0.6) is 0 Å². The topological polar surface area (TPSA) is 12.5 Å². The summed E-state index contributed by atoms with van der Waals surface area (Å²) in [5.41, 5.74) is 0.0590. The monoisotopic (exact) mass is 185 g/mol. The standard InChI is InChI=1S/C11H23NO/c1-5-11(2,3)13-9-10-7-6-8-12(10)4/h10H,5-9H2,1-4H3/t10-/m0/s1. The molecule has 0 saturated carbocycles. The molecule has 0 amide bonds. The minimum Gasteiger partial charge on any atom is -0.374 e. The van der Waals surface area contributed by atoms with Gasteiger partial charge in [0.15, 0.2) is 0 Å². The first-order valence-corrected chi connectivity index (χ1v) is 5.39. The van der Waals surface area contributed by atoms with Crippen molar-refractivity contribution in [3.05, 3.63) is 0 Å². The first-order chi connectivity index (χ1) is 6.05. The molecule has 1 atom stereocenters. The highest BCUT2D eigenvalue weighted by Gasteiger charge is 2.24. The van der Waals surface area contributed by atoms with Crippen molar-refractivity contribution in [2.24, 2.45) is 0 Å². The van der Waals surface area contributed by atoms with Gasteiger partial charge in [-0.25, -0.2) is 0 Å². The fraction of sp³-hybridized carbons (Fsp3) is 1.00. The van der Waals surface area contributed by atoms with Crippen LogP contribution in [0, 0.1) is 0 Å². The molecule has 0 radical (unpaired) electrons. The summed E-state index contributed by atoms with van der Waals surface area (Å²) in [7, 11) is 2.19. The average Bonchev–Trinajstić information content (AvgIpc) is 2.48. The summed E-state index contributed by atoms with van der Waals surface area (Å²) in [5, 5.41) is 0. The first kappa shape index (κ1) is 11.0. The molecule has 0 spiro atoms. The molecule has 1 fully saturated rings. The largest absolute Gasteiger partial charge is 0.374 e. The maximum Gasteiger partial charge on any atom is 0.0628 e. The highest BCUT2D eigenvalue weighted by Crippen LogP contribution is 2.19. The number of hydrogen-bond donors (Lipinski definition) is 0. The van der Waals surface area contributed by atoms with E-state index in [2.05, 4.69) is 32.7 Å². The Morgan fingerprint density at radius 1 is 1.46 bits per heavy atom. The maximum absolute atomic E-state index is 5.89. The second kappa shape index (κ2) is 4.43. The summed E-state index contributed by atoms with van der Waals surface area (Å²) in [5.74, 6) is 0. The van der Waals surface area contributed by atoms with E-state index in [1.54, 1.807) is 0 Å². The van der Waals surface area contributed by atoms with Crippen molar-refractivity contribution in [3.63, 3.8) is 0 Å². The molecule has 1 rings (SSSR count). The summed E-state index contributed by atoms with van der Waals surface area (Å²) in [4.78, 5) is 2.41. The quantitative estimate of drug-likeness (QED) is 0.666. The lowest BCUT2D eigenvalue weighted by molar-refractivity contribution is -0.0399. The molecule has 0 N–H and O–H groups in total. The molecule has 0 bridgehead atoms. The minimum atomic E-state index is 0.0590. The smallest absolute Gasteiger partial charge is 0.0628 e. The Labute approximate surface area is 82.3 Å². The van der Waals surface area contributed by atoms with Crippen LogP contribution in [0.4, 0.5) is 0 Å². The van der Waals surface area contributed by atoms with Crippen molar-refractivity contribution in [3.8, 4) is 0 Å². The molecular formula is C11H23NO. The van der Waals surface area contributed by atoms with Gasteiger partial charge in [-0.15, -0.1) is 0 Å². The van der Waals surface area contributed by atoms with Crippen molar-refractivity contribution in [2.75, 3.05) is 20.2 Å². The zero-order valence-electron chi connectivity index (χ0n) is 9.47. The highest BCUT2D eigenvalue weighted by molar-refractivity contribution is 4.77. The second-order valence-corrected chi connectivity index (χ2v) is 4.70. The Morgan fingerprint density at radius 3 is 2.62 bits per heavy atom. The maximum atomic E-state index is 5.89. The van der Waals surface area contributed by atoms with Crippen LogP contribution in [0.1, 0.15) is 40.0 Å². The van der Waals surface area contributed by atoms with Gasteiger partial charge in [0.1, 0.15) is 0 Å². The van der Waals surface area contributed by atoms with E-state index in [-0.39, 0.29) is 5.60 Å². The Morgan fingerprint density at radius 2 is 2.15 bits per heavy atom. The van der Waals surface area contributed by atoms with Gasteiger partial charge in [0, 0.05) is 6.04 Å². The van der Waals surface area contributed by atoms with Crippen LogP contribution in [0.3, 0.4) is 0 Å². The van der Waals surface area contributed by atoms with Crippen molar-refractivity contribution in [1.82, 2.24) is 4.90 Å². The van der Waals surface area contributed by atoms with Crippen LogP contribution < -0.4 is 0 Å². The molecule has 13 heavy (non-hydrogen) atoms. The van der Waals surface area contributed by atoms with Crippen molar-refractivity contribution >= 4 is 0 Å². The number of ether oxygens (including phenoxy) is 1. The lowest BCUT2D eigenvalue weighted by Gasteiger charge is -2.28. The highest BCUT2D eigenvalue weighted by atomic mass is 16.5. The summed E-state index contributed by atoms with van der Waals surface area (Å²) in [6.45, 7) is 8.65. The third kappa shape index (κ3) is 3.28. The number of rotatable bonds is 4. The normalized spacial score (nSPS) is 25.4. The van der Waals surface area contributed by atoms with Gasteiger partial charge in [0.05, 0.1) is 12.2 Å². The van der Waals surface area contributed by atoms with Crippen LogP contribution in [0.15, 0.2) is 0 Å². The Bertz CT molecular complexity index is 156. The van der Waals surface area contributed by atoms with E-state index in [9.17, 15) is 0 Å². The van der Waals surface area contributed by atoms with E-state index in [0.29, 0.717) is 6.04 Å². The fourth-order valence-corrected chi connectivity index (χ4v) is 1.61. The third-order valence-corrected chi connectivity index (χ3v) is 3.19. The molecule has 1 aliphatic heterocycles. The lowest BCUT2D eigenvalue weighted by Crippen LogP contribution is -2.34. The molecule has 2 nitrogen and oxygen atoms in total. The van der Waals surface area contributed by atoms with Crippen molar-refractivity contribution in [2.45, 2.75) is 51.7 Å². The summed E-state index contributed by atoms with van der Waals surface area (Å²) >= 11 is 0. The van der Waals surface area contributed by atoms with E-state index in [1.165, 1.54) is 19.4 Å². The predicted octanol–water partition coefficient (Wildman–Crippen LogP) is 2.29. The number of hydrogen-bond acceptors (Lipinski definition) is 2. The van der Waals surface area contributed by atoms with Gasteiger partial charge < -0.3 is 9.64 Å². The Balaban J connectivity index is 2.25. The van der Waals surface area contributed by atoms with Crippen molar-refractivity contribution in [1.29, 1.82) is 0 Å². The van der Waals surface area contributed by atoms with Gasteiger partial charge in [-0.05, 0) is 46.7 Å². The van der Waals surface area contributed by atoms with Gasteiger partial charge in [-0.2, -0.15) is 0 Å². The zero-order chi connectivity index (χ0) is 9.90. The van der Waals surface area contributed by atoms with E-state index in [1.807, 2.05) is 0 Å². The van der Waals surface area contributed by atoms with E-state index < -0.39 is 0 Å². The van der Waals surface area contributed by atoms with Gasteiger partial charge in [-0.3, -0.25) is 0 Å². The molecule has 0 aromatic carbocycles. The fourth-order valence-electron chi connectivity index (χ4n) is 1.61. The van der Waals surface area contributed by atoms with E-state index in [0.717, 1.165) is 13.0 Å². The van der Waals surface area contributed by atoms with Gasteiger partial charge in [0.2, 0.25) is 0 Å². The van der Waals surface area contributed by atoms with Gasteiger partial charge in [0.25, 0.3) is 0 Å². The molecule has 0 aromatic rings.